The molecule has 9 aromatic carbocycles. The molecular formula is C64H45N6P. The lowest BCUT2D eigenvalue weighted by atomic mass is 10.2. The van der Waals surface area contributed by atoms with E-state index >= 15 is 0 Å². The summed E-state index contributed by atoms with van der Waals surface area (Å²) >= 11 is 0. The van der Waals surface area contributed by atoms with E-state index in [0.29, 0.717) is 0 Å². The topological polar surface area (TPSA) is 42.1 Å². The van der Waals surface area contributed by atoms with Crippen molar-refractivity contribution in [2.75, 3.05) is 9.80 Å². The number of fused-ring (bicyclic) bond motifs is 6. The number of rotatable bonds is 11. The van der Waals surface area contributed by atoms with Crippen LogP contribution in [0.25, 0.3) is 55.0 Å². The van der Waals surface area contributed by atoms with Gasteiger partial charge in [-0.05, 0) is 127 Å². The minimum atomic E-state index is -1.21. The summed E-state index contributed by atoms with van der Waals surface area (Å²) in [7, 11) is -1.21. The molecule has 0 saturated heterocycles. The molecule has 0 spiro atoms. The van der Waals surface area contributed by atoms with Crippen LogP contribution in [0, 0.1) is 0 Å². The Labute approximate surface area is 413 Å². The zero-order valence-corrected chi connectivity index (χ0v) is 39.5. The minimum absolute atomic E-state index is 0.826. The van der Waals surface area contributed by atoms with Crippen LogP contribution in [0.3, 0.4) is 0 Å². The first-order chi connectivity index (χ1) is 35.2. The number of hydrogen-bond donors (Lipinski definition) is 0. The molecule has 336 valence electrons. The van der Waals surface area contributed by atoms with Crippen molar-refractivity contribution in [3.8, 4) is 11.4 Å². The maximum absolute atomic E-state index is 5.59. The molecule has 0 aliphatic rings. The van der Waals surface area contributed by atoms with Crippen LogP contribution in [0.5, 0.6) is 0 Å². The van der Waals surface area contributed by atoms with Gasteiger partial charge in [0.25, 0.3) is 0 Å². The number of hydrogen-bond acceptors (Lipinski definition) is 4. The minimum Gasteiger partial charge on any atom is -0.309 e. The Kier molecular flexibility index (Phi) is 10.7. The van der Waals surface area contributed by atoms with Crippen LogP contribution in [-0.4, -0.2) is 19.1 Å². The summed E-state index contributed by atoms with van der Waals surface area (Å²) in [5.74, 6) is 1.65. The lowest BCUT2D eigenvalue weighted by molar-refractivity contribution is 1.16. The maximum atomic E-state index is 5.59. The molecule has 0 amide bonds. The summed E-state index contributed by atoms with van der Waals surface area (Å²) in [6.45, 7) is 0. The molecule has 0 unspecified atom stereocenters. The molecule has 13 rings (SSSR count). The van der Waals surface area contributed by atoms with Gasteiger partial charge in [0.15, 0.2) is 0 Å². The fourth-order valence-corrected chi connectivity index (χ4v) is 12.3. The number of pyridine rings is 2. The van der Waals surface area contributed by atoms with Crippen molar-refractivity contribution in [3.63, 3.8) is 0 Å². The third-order valence-corrected chi connectivity index (χ3v) is 15.5. The highest BCUT2D eigenvalue weighted by atomic mass is 31.1. The molecular weight excluding hydrogens is 884 g/mol. The van der Waals surface area contributed by atoms with Crippen LogP contribution in [-0.2, 0) is 0 Å². The van der Waals surface area contributed by atoms with E-state index in [0.717, 1.165) is 56.6 Å². The molecule has 4 heterocycles. The molecule has 0 fully saturated rings. The standard InChI is InChI=1S/C64H45N6P/c1-4-20-46(21-5-1)67(48-38-42-50(43-39-48)69-57-30-14-10-26-53(57)54-27-11-15-31-58(54)69)61-34-18-36-63(65-61)71(52-24-8-3-9-25-52)64-37-19-35-62(66-64)68(47-22-6-2-7-23-47)49-40-44-51(45-41-49)70-59-32-16-12-28-55(59)56-29-13-17-33-60(56)70/h1-45H. The van der Waals surface area contributed by atoms with Gasteiger partial charge in [0.05, 0.1) is 32.9 Å². The smallest absolute Gasteiger partial charge is 0.138 e. The Morgan fingerprint density at radius 1 is 0.268 bits per heavy atom. The average molecular weight is 929 g/mol. The molecule has 71 heavy (non-hydrogen) atoms. The molecule has 0 atom stereocenters. The molecule has 0 bridgehead atoms. The van der Waals surface area contributed by atoms with Crippen molar-refractivity contribution in [2.24, 2.45) is 0 Å². The first-order valence-electron chi connectivity index (χ1n) is 23.9. The second-order valence-electron chi connectivity index (χ2n) is 17.5. The Balaban J connectivity index is 0.896. The Morgan fingerprint density at radius 2 is 0.577 bits per heavy atom. The van der Waals surface area contributed by atoms with E-state index in [-0.39, 0.29) is 0 Å². The second-order valence-corrected chi connectivity index (χ2v) is 19.6. The molecule has 0 aliphatic carbocycles. The quantitative estimate of drug-likeness (QED) is 0.121. The van der Waals surface area contributed by atoms with E-state index in [2.05, 4.69) is 292 Å². The van der Waals surface area contributed by atoms with Crippen LogP contribution in [0.1, 0.15) is 0 Å². The molecule has 7 heteroatoms. The van der Waals surface area contributed by atoms with Crippen LogP contribution < -0.4 is 26.0 Å². The highest BCUT2D eigenvalue weighted by Crippen LogP contribution is 2.40. The highest BCUT2D eigenvalue weighted by molar-refractivity contribution is 7.79. The van der Waals surface area contributed by atoms with Gasteiger partial charge in [-0.15, -0.1) is 0 Å². The van der Waals surface area contributed by atoms with Crippen molar-refractivity contribution >= 4 is 102 Å². The predicted octanol–water partition coefficient (Wildman–Crippen LogP) is 15.4. The number of aromatic nitrogens is 4. The average Bonchev–Trinajstić information content (AvgIpc) is 3.96. The summed E-state index contributed by atoms with van der Waals surface area (Å²) in [4.78, 5) is 15.7. The number of benzene rings is 9. The van der Waals surface area contributed by atoms with Gasteiger partial charge >= 0.3 is 0 Å². The fraction of sp³-hybridized carbons (Fsp3) is 0. The van der Waals surface area contributed by atoms with E-state index < -0.39 is 7.92 Å². The maximum Gasteiger partial charge on any atom is 0.138 e. The molecule has 0 radical (unpaired) electrons. The van der Waals surface area contributed by atoms with E-state index in [1.54, 1.807) is 0 Å². The Morgan fingerprint density at radius 3 is 0.944 bits per heavy atom. The third-order valence-electron chi connectivity index (χ3n) is 13.3. The van der Waals surface area contributed by atoms with Gasteiger partial charge in [-0.1, -0.05) is 152 Å². The van der Waals surface area contributed by atoms with Crippen LogP contribution in [0.4, 0.5) is 34.4 Å². The highest BCUT2D eigenvalue weighted by Gasteiger charge is 2.24. The molecule has 13 aromatic rings. The van der Waals surface area contributed by atoms with Crippen LogP contribution in [0.15, 0.2) is 273 Å². The van der Waals surface area contributed by atoms with Crippen LogP contribution >= 0.6 is 7.92 Å². The van der Waals surface area contributed by atoms with E-state index in [9.17, 15) is 0 Å². The number of anilines is 6. The monoisotopic (exact) mass is 928 g/mol. The molecule has 0 N–H and O–H groups in total. The summed E-state index contributed by atoms with van der Waals surface area (Å²) in [5, 5.41) is 6.14. The van der Waals surface area contributed by atoms with Crippen molar-refractivity contribution in [3.05, 3.63) is 273 Å². The largest absolute Gasteiger partial charge is 0.309 e. The summed E-state index contributed by atoms with van der Waals surface area (Å²) < 4.78 is 4.71. The summed E-state index contributed by atoms with van der Waals surface area (Å²) in [5.41, 5.74) is 12.9. The van der Waals surface area contributed by atoms with Gasteiger partial charge in [0.1, 0.15) is 11.6 Å². The number of para-hydroxylation sites is 6. The summed E-state index contributed by atoms with van der Waals surface area (Å²) in [6, 6.07) is 96.8. The SMILES string of the molecule is c1ccc(N(c2ccc(-n3c4ccccc4c4ccccc43)cc2)c2cccc(P(c3ccccc3)c3cccc(N(c4ccccc4)c4ccc(-n5c6ccccc6c6ccccc65)cc4)n3)n2)cc1. The normalized spacial score (nSPS) is 11.5. The van der Waals surface area contributed by atoms with Gasteiger partial charge in [-0.3, -0.25) is 9.80 Å². The van der Waals surface area contributed by atoms with Crippen molar-refractivity contribution in [2.45, 2.75) is 0 Å². The van der Waals surface area contributed by atoms with Gasteiger partial charge in [0.2, 0.25) is 0 Å². The molecule has 4 aromatic heterocycles. The zero-order chi connectivity index (χ0) is 47.1. The molecule has 0 aliphatic heterocycles. The van der Waals surface area contributed by atoms with Gasteiger partial charge in [-0.25, -0.2) is 9.97 Å². The van der Waals surface area contributed by atoms with Gasteiger partial charge in [0, 0.05) is 63.6 Å². The lowest BCUT2D eigenvalue weighted by Gasteiger charge is -2.27. The number of nitrogens with zero attached hydrogens (tertiary/aromatic N) is 6. The fourth-order valence-electron chi connectivity index (χ4n) is 10.2. The summed E-state index contributed by atoms with van der Waals surface area (Å²) in [6.07, 6.45) is 0. The van der Waals surface area contributed by atoms with E-state index in [4.69, 9.17) is 9.97 Å². The van der Waals surface area contributed by atoms with Crippen molar-refractivity contribution < 1.29 is 0 Å². The third kappa shape index (κ3) is 7.59. The lowest BCUT2D eigenvalue weighted by Crippen LogP contribution is -2.27. The Bertz CT molecular complexity index is 3650. The van der Waals surface area contributed by atoms with Crippen molar-refractivity contribution in [1.29, 1.82) is 0 Å². The van der Waals surface area contributed by atoms with Gasteiger partial charge in [-0.2, -0.15) is 0 Å². The first kappa shape index (κ1) is 42.0. The molecule has 0 saturated carbocycles. The Hall–Kier alpha value is -9.09. The van der Waals surface area contributed by atoms with E-state index in [1.807, 2.05) is 0 Å². The van der Waals surface area contributed by atoms with Crippen molar-refractivity contribution in [1.82, 2.24) is 19.1 Å². The molecule has 6 nitrogen and oxygen atoms in total. The predicted molar refractivity (Wildman–Crippen MR) is 299 cm³/mol. The van der Waals surface area contributed by atoms with Gasteiger partial charge < -0.3 is 9.13 Å². The zero-order valence-electron chi connectivity index (χ0n) is 38.6. The van der Waals surface area contributed by atoms with Crippen LogP contribution in [0.2, 0.25) is 0 Å². The second kappa shape index (κ2) is 18.1. The van der Waals surface area contributed by atoms with E-state index in [1.165, 1.54) is 48.9 Å². The first-order valence-corrected chi connectivity index (χ1v) is 25.3.